The van der Waals surface area contributed by atoms with E-state index in [4.69, 9.17) is 9.88 Å². The summed E-state index contributed by atoms with van der Waals surface area (Å²) in [6.45, 7) is 2.56. The number of rotatable bonds is 5. The van der Waals surface area contributed by atoms with E-state index in [9.17, 15) is 17.6 Å². The van der Waals surface area contributed by atoms with Crippen LogP contribution in [0.4, 0.5) is 4.39 Å². The lowest BCUT2D eigenvalue weighted by molar-refractivity contribution is 0.0950. The third-order valence-electron chi connectivity index (χ3n) is 3.58. The van der Waals surface area contributed by atoms with Gasteiger partial charge in [-0.15, -0.1) is 0 Å². The molecule has 1 saturated carbocycles. The van der Waals surface area contributed by atoms with Crippen molar-refractivity contribution >= 4 is 15.9 Å². The van der Waals surface area contributed by atoms with Gasteiger partial charge in [-0.3, -0.25) is 4.79 Å². The minimum Gasteiger partial charge on any atom is -0.492 e. The lowest BCUT2D eigenvalue weighted by Gasteiger charge is -2.11. The summed E-state index contributed by atoms with van der Waals surface area (Å²) in [7, 11) is -3.07. The predicted molar refractivity (Wildman–Crippen MR) is 73.9 cm³/mol. The average Bonchev–Trinajstić information content (AvgIpc) is 3.10. The van der Waals surface area contributed by atoms with Gasteiger partial charge in [-0.05, 0) is 30.4 Å². The number of hydrogen-bond donors (Lipinski definition) is 2. The maximum atomic E-state index is 13.8. The molecule has 21 heavy (non-hydrogen) atoms. The Kier molecular flexibility index (Phi) is 4.20. The molecule has 8 heteroatoms. The molecular formula is C13H17FN2O4S. The highest BCUT2D eigenvalue weighted by Crippen LogP contribution is 2.36. The molecule has 0 heterocycles. The van der Waals surface area contributed by atoms with Crippen molar-refractivity contribution in [3.05, 3.63) is 23.5 Å². The fourth-order valence-corrected chi connectivity index (χ4v) is 2.85. The second-order valence-electron chi connectivity index (χ2n) is 5.22. The first-order chi connectivity index (χ1) is 9.74. The van der Waals surface area contributed by atoms with Crippen LogP contribution in [-0.4, -0.2) is 28.0 Å². The van der Waals surface area contributed by atoms with Gasteiger partial charge < -0.3 is 10.1 Å². The third kappa shape index (κ3) is 3.51. The van der Waals surface area contributed by atoms with Crippen LogP contribution in [0.3, 0.4) is 0 Å². The maximum Gasteiger partial charge on any atom is 0.251 e. The van der Waals surface area contributed by atoms with Crippen molar-refractivity contribution in [1.82, 2.24) is 5.32 Å². The van der Waals surface area contributed by atoms with Gasteiger partial charge in [0.15, 0.2) is 11.6 Å². The number of halogens is 1. The van der Waals surface area contributed by atoms with Crippen molar-refractivity contribution in [1.29, 1.82) is 0 Å². The summed E-state index contributed by atoms with van der Waals surface area (Å²) in [6, 6.07) is 1.95. The van der Waals surface area contributed by atoms with Crippen molar-refractivity contribution in [2.45, 2.75) is 18.2 Å². The second kappa shape index (κ2) is 5.61. The standard InChI is InChI=1S/C13H17FN2O4S/c1-7-3-9(7)6-16-13(17)8-4-10(14)12(20-2)11(5-8)21(15,18)19/h4-5,7,9H,3,6H2,1-2H3,(H,16,17)(H2,15,18,19). The van der Waals surface area contributed by atoms with Gasteiger partial charge in [0.25, 0.3) is 5.91 Å². The van der Waals surface area contributed by atoms with Crippen LogP contribution in [-0.2, 0) is 10.0 Å². The van der Waals surface area contributed by atoms with E-state index in [1.807, 2.05) is 0 Å². The smallest absolute Gasteiger partial charge is 0.251 e. The summed E-state index contributed by atoms with van der Waals surface area (Å²) >= 11 is 0. The SMILES string of the molecule is COc1c(F)cc(C(=O)NCC2CC2C)cc1S(N)(=O)=O. The van der Waals surface area contributed by atoms with Gasteiger partial charge in [0, 0.05) is 12.1 Å². The number of ether oxygens (including phenoxy) is 1. The fourth-order valence-electron chi connectivity index (χ4n) is 2.12. The van der Waals surface area contributed by atoms with Crippen molar-refractivity contribution in [2.24, 2.45) is 17.0 Å². The Hall–Kier alpha value is -1.67. The van der Waals surface area contributed by atoms with Crippen LogP contribution in [0.5, 0.6) is 5.75 Å². The van der Waals surface area contributed by atoms with Gasteiger partial charge >= 0.3 is 0 Å². The number of carbonyl (C=O) groups is 1. The summed E-state index contributed by atoms with van der Waals surface area (Å²) in [5.74, 6) is -0.993. The van der Waals surface area contributed by atoms with Gasteiger partial charge in [0.1, 0.15) is 4.90 Å². The summed E-state index contributed by atoms with van der Waals surface area (Å²) in [4.78, 5) is 11.4. The Morgan fingerprint density at radius 1 is 1.52 bits per heavy atom. The first-order valence-electron chi connectivity index (χ1n) is 6.42. The molecule has 1 aromatic carbocycles. The molecule has 2 rings (SSSR count). The molecule has 0 aliphatic heterocycles. The molecule has 1 amide bonds. The molecule has 1 aliphatic rings. The first-order valence-corrected chi connectivity index (χ1v) is 7.97. The Balaban J connectivity index is 2.27. The van der Waals surface area contributed by atoms with Crippen LogP contribution in [0.25, 0.3) is 0 Å². The number of primary sulfonamides is 1. The number of hydrogen-bond acceptors (Lipinski definition) is 4. The zero-order valence-corrected chi connectivity index (χ0v) is 12.5. The van der Waals surface area contributed by atoms with Crippen molar-refractivity contribution in [2.75, 3.05) is 13.7 Å². The fraction of sp³-hybridized carbons (Fsp3) is 0.462. The lowest BCUT2D eigenvalue weighted by Crippen LogP contribution is -2.26. The quantitative estimate of drug-likeness (QED) is 0.842. The molecule has 1 aromatic rings. The van der Waals surface area contributed by atoms with Crippen molar-refractivity contribution < 1.29 is 22.3 Å². The maximum absolute atomic E-state index is 13.8. The van der Waals surface area contributed by atoms with Crippen LogP contribution in [0.15, 0.2) is 17.0 Å². The van der Waals surface area contributed by atoms with Gasteiger partial charge in [-0.1, -0.05) is 6.92 Å². The zero-order valence-electron chi connectivity index (χ0n) is 11.7. The topological polar surface area (TPSA) is 98.5 Å². The van der Waals surface area contributed by atoms with Crippen LogP contribution in [0.2, 0.25) is 0 Å². The molecule has 0 radical (unpaired) electrons. The third-order valence-corrected chi connectivity index (χ3v) is 4.50. The predicted octanol–water partition coefficient (Wildman–Crippen LogP) is 0.868. The molecule has 0 aromatic heterocycles. The number of amides is 1. The molecule has 2 atom stereocenters. The summed E-state index contributed by atoms with van der Waals surface area (Å²) in [6.07, 6.45) is 1.04. The lowest BCUT2D eigenvalue weighted by atomic mass is 10.2. The number of sulfonamides is 1. The summed E-state index contributed by atoms with van der Waals surface area (Å²) in [5.41, 5.74) is -0.106. The van der Waals surface area contributed by atoms with Crippen LogP contribution >= 0.6 is 0 Å². The van der Waals surface area contributed by atoms with Gasteiger partial charge in [-0.25, -0.2) is 17.9 Å². The van der Waals surface area contributed by atoms with Gasteiger partial charge in [0.2, 0.25) is 10.0 Å². The normalized spacial score (nSPS) is 21.0. The van der Waals surface area contributed by atoms with Crippen LogP contribution in [0.1, 0.15) is 23.7 Å². The molecule has 116 valence electrons. The van der Waals surface area contributed by atoms with Crippen LogP contribution in [0, 0.1) is 17.7 Å². The highest BCUT2D eigenvalue weighted by atomic mass is 32.2. The van der Waals surface area contributed by atoms with E-state index in [2.05, 4.69) is 12.2 Å². The minimum atomic E-state index is -4.20. The number of methoxy groups -OCH3 is 1. The average molecular weight is 316 g/mol. The van der Waals surface area contributed by atoms with E-state index in [0.717, 1.165) is 25.7 Å². The van der Waals surface area contributed by atoms with E-state index in [1.54, 1.807) is 0 Å². The highest BCUT2D eigenvalue weighted by Gasteiger charge is 2.32. The Bertz CT molecular complexity index is 675. The molecule has 0 bridgehead atoms. The van der Waals surface area contributed by atoms with Crippen molar-refractivity contribution in [3.63, 3.8) is 0 Å². The van der Waals surface area contributed by atoms with E-state index in [0.29, 0.717) is 18.4 Å². The van der Waals surface area contributed by atoms with E-state index in [-0.39, 0.29) is 5.56 Å². The van der Waals surface area contributed by atoms with Gasteiger partial charge in [-0.2, -0.15) is 0 Å². The van der Waals surface area contributed by atoms with Crippen molar-refractivity contribution in [3.8, 4) is 5.75 Å². The van der Waals surface area contributed by atoms with Crippen LogP contribution < -0.4 is 15.2 Å². The largest absolute Gasteiger partial charge is 0.492 e. The molecule has 0 spiro atoms. The summed E-state index contributed by atoms with van der Waals surface area (Å²) in [5, 5.41) is 7.67. The molecule has 1 aliphatic carbocycles. The summed E-state index contributed by atoms with van der Waals surface area (Å²) < 4.78 is 41.5. The molecular weight excluding hydrogens is 299 g/mol. The molecule has 2 unspecified atom stereocenters. The van der Waals surface area contributed by atoms with E-state index in [1.165, 1.54) is 0 Å². The minimum absolute atomic E-state index is 0.106. The van der Waals surface area contributed by atoms with E-state index < -0.39 is 32.4 Å². The number of nitrogens with two attached hydrogens (primary N) is 1. The first kappa shape index (κ1) is 15.7. The van der Waals surface area contributed by atoms with E-state index >= 15 is 0 Å². The zero-order chi connectivity index (χ0) is 15.8. The molecule has 6 nitrogen and oxygen atoms in total. The molecule has 1 fully saturated rings. The number of nitrogens with one attached hydrogen (secondary N) is 1. The second-order valence-corrected chi connectivity index (χ2v) is 6.75. The number of benzene rings is 1. The Morgan fingerprint density at radius 3 is 2.62 bits per heavy atom. The molecule has 3 N–H and O–H groups in total. The molecule has 0 saturated heterocycles. The Labute approximate surface area is 122 Å². The van der Waals surface area contributed by atoms with Gasteiger partial charge in [0.05, 0.1) is 7.11 Å². The Morgan fingerprint density at radius 2 is 2.14 bits per heavy atom. The highest BCUT2D eigenvalue weighted by molar-refractivity contribution is 7.89. The monoisotopic (exact) mass is 316 g/mol. The number of carbonyl (C=O) groups excluding carboxylic acids is 1.